The molecule has 0 radical (unpaired) electrons. The Bertz CT molecular complexity index is 572. The van der Waals surface area contributed by atoms with Crippen LogP contribution in [-0.4, -0.2) is 21.5 Å². The quantitative estimate of drug-likeness (QED) is 0.494. The molecular weight excluding hydrogens is 284 g/mol. The van der Waals surface area contributed by atoms with E-state index in [1.807, 2.05) is 0 Å². The van der Waals surface area contributed by atoms with Crippen LogP contribution in [0.1, 0.15) is 20.8 Å². The zero-order chi connectivity index (χ0) is 16.4. The van der Waals surface area contributed by atoms with Gasteiger partial charge in [-0.3, -0.25) is 25.5 Å². The van der Waals surface area contributed by atoms with Crippen molar-refractivity contribution in [1.82, 2.24) is 0 Å². The topological polar surface area (TPSA) is 151 Å². The van der Waals surface area contributed by atoms with Gasteiger partial charge >= 0.3 is 17.5 Å². The standard InChI is InChI=1S/C11H14N4O6/c1-11(2,3)21-10(16)13-6-4-7(14(17)18)9(12)8(5-6)15(19)20/h4-5H,12H2,1-3H3,(H,13,16). The number of nitrogens with zero attached hydrogens (tertiary/aromatic N) is 2. The first-order valence-electron chi connectivity index (χ1n) is 5.73. The molecule has 10 nitrogen and oxygen atoms in total. The number of nitrogen functional groups attached to an aromatic ring is 1. The highest BCUT2D eigenvalue weighted by Crippen LogP contribution is 2.34. The number of carbonyl (C=O) groups excluding carboxylic acids is 1. The summed E-state index contributed by atoms with van der Waals surface area (Å²) in [7, 11) is 0. The van der Waals surface area contributed by atoms with Crippen LogP contribution in [0.15, 0.2) is 12.1 Å². The molecule has 0 heterocycles. The lowest BCUT2D eigenvalue weighted by molar-refractivity contribution is -0.392. The molecule has 0 fully saturated rings. The number of carbonyl (C=O) groups is 1. The molecule has 0 unspecified atom stereocenters. The third-order valence-corrected chi connectivity index (χ3v) is 2.18. The van der Waals surface area contributed by atoms with Crippen molar-refractivity contribution in [3.8, 4) is 0 Å². The summed E-state index contributed by atoms with van der Waals surface area (Å²) in [5.74, 6) is 0. The van der Waals surface area contributed by atoms with E-state index < -0.39 is 38.6 Å². The number of anilines is 2. The summed E-state index contributed by atoms with van der Waals surface area (Å²) >= 11 is 0. The van der Waals surface area contributed by atoms with Crippen LogP contribution in [0.25, 0.3) is 0 Å². The van der Waals surface area contributed by atoms with Gasteiger partial charge in [-0.2, -0.15) is 0 Å². The highest BCUT2D eigenvalue weighted by atomic mass is 16.6. The van der Waals surface area contributed by atoms with Gasteiger partial charge < -0.3 is 10.5 Å². The number of hydrogen-bond acceptors (Lipinski definition) is 7. The Morgan fingerprint density at radius 1 is 1.19 bits per heavy atom. The van der Waals surface area contributed by atoms with Crippen LogP contribution < -0.4 is 11.1 Å². The normalized spacial score (nSPS) is 10.8. The van der Waals surface area contributed by atoms with Gasteiger partial charge in [0.15, 0.2) is 5.69 Å². The second-order valence-corrected chi connectivity index (χ2v) is 5.07. The Morgan fingerprint density at radius 2 is 1.62 bits per heavy atom. The molecule has 0 saturated heterocycles. The Balaban J connectivity index is 3.17. The van der Waals surface area contributed by atoms with Crippen molar-refractivity contribution in [1.29, 1.82) is 0 Å². The number of rotatable bonds is 3. The number of nitrogens with one attached hydrogen (secondary N) is 1. The maximum absolute atomic E-state index is 11.6. The predicted molar refractivity (Wildman–Crippen MR) is 74.0 cm³/mol. The number of amides is 1. The average molecular weight is 298 g/mol. The van der Waals surface area contributed by atoms with Crippen LogP contribution in [0.3, 0.4) is 0 Å². The van der Waals surface area contributed by atoms with Crippen LogP contribution in [0.5, 0.6) is 0 Å². The van der Waals surface area contributed by atoms with Crippen LogP contribution in [0.2, 0.25) is 0 Å². The van der Waals surface area contributed by atoms with Gasteiger partial charge in [0.1, 0.15) is 5.60 Å². The van der Waals surface area contributed by atoms with E-state index in [9.17, 15) is 25.0 Å². The first-order chi connectivity index (χ1) is 9.51. The second kappa shape index (κ2) is 5.61. The van der Waals surface area contributed by atoms with Gasteiger partial charge in [-0.25, -0.2) is 4.79 Å². The van der Waals surface area contributed by atoms with Crippen molar-refractivity contribution in [2.75, 3.05) is 11.1 Å². The fraction of sp³-hybridized carbons (Fsp3) is 0.364. The molecule has 21 heavy (non-hydrogen) atoms. The molecule has 0 aromatic heterocycles. The average Bonchev–Trinajstić information content (AvgIpc) is 2.27. The van der Waals surface area contributed by atoms with Gasteiger partial charge in [0.05, 0.1) is 15.5 Å². The fourth-order valence-electron chi connectivity index (χ4n) is 1.42. The summed E-state index contributed by atoms with van der Waals surface area (Å²) in [4.78, 5) is 31.5. The van der Waals surface area contributed by atoms with E-state index in [1.54, 1.807) is 20.8 Å². The summed E-state index contributed by atoms with van der Waals surface area (Å²) in [6.45, 7) is 4.88. The lowest BCUT2D eigenvalue weighted by Gasteiger charge is -2.19. The largest absolute Gasteiger partial charge is 0.444 e. The Labute approximate surface area is 119 Å². The molecular formula is C11H14N4O6. The molecule has 0 aliphatic heterocycles. The zero-order valence-corrected chi connectivity index (χ0v) is 11.6. The SMILES string of the molecule is CC(C)(C)OC(=O)Nc1cc([N+](=O)[O-])c(N)c([N+](=O)[O-])c1. The van der Waals surface area contributed by atoms with E-state index in [0.29, 0.717) is 0 Å². The lowest BCUT2D eigenvalue weighted by atomic mass is 10.2. The van der Waals surface area contributed by atoms with E-state index in [-0.39, 0.29) is 5.69 Å². The van der Waals surface area contributed by atoms with Crippen molar-refractivity contribution in [3.05, 3.63) is 32.4 Å². The molecule has 0 aliphatic rings. The molecule has 0 spiro atoms. The second-order valence-electron chi connectivity index (χ2n) is 5.07. The minimum Gasteiger partial charge on any atom is -0.444 e. The van der Waals surface area contributed by atoms with Crippen LogP contribution in [-0.2, 0) is 4.74 Å². The van der Waals surface area contributed by atoms with Gasteiger partial charge in [0.25, 0.3) is 0 Å². The summed E-state index contributed by atoms with van der Waals surface area (Å²) in [6.07, 6.45) is -0.893. The molecule has 114 valence electrons. The van der Waals surface area contributed by atoms with Crippen molar-refractivity contribution in [3.63, 3.8) is 0 Å². The number of nitro groups is 2. The van der Waals surface area contributed by atoms with Gasteiger partial charge in [0.2, 0.25) is 0 Å². The van der Waals surface area contributed by atoms with E-state index >= 15 is 0 Å². The molecule has 10 heteroatoms. The number of benzene rings is 1. The summed E-state index contributed by atoms with van der Waals surface area (Å²) in [5.41, 5.74) is 2.50. The number of nitro benzene ring substituents is 2. The van der Waals surface area contributed by atoms with Crippen molar-refractivity contribution >= 4 is 28.8 Å². The van der Waals surface area contributed by atoms with Crippen molar-refractivity contribution in [2.24, 2.45) is 0 Å². The summed E-state index contributed by atoms with van der Waals surface area (Å²) in [6, 6.07) is 1.85. The molecule has 0 atom stereocenters. The summed E-state index contributed by atoms with van der Waals surface area (Å²) in [5, 5.41) is 23.8. The number of ether oxygens (including phenoxy) is 1. The monoisotopic (exact) mass is 298 g/mol. The third-order valence-electron chi connectivity index (χ3n) is 2.18. The molecule has 1 aromatic carbocycles. The molecule has 1 aromatic rings. The summed E-state index contributed by atoms with van der Waals surface area (Å²) < 4.78 is 4.95. The van der Waals surface area contributed by atoms with Crippen LogP contribution >= 0.6 is 0 Å². The predicted octanol–water partition coefficient (Wildman–Crippen LogP) is 2.43. The van der Waals surface area contributed by atoms with E-state index in [2.05, 4.69) is 5.32 Å². The minimum absolute atomic E-state index is 0.156. The molecule has 0 bridgehead atoms. The Hall–Kier alpha value is -2.91. The van der Waals surface area contributed by atoms with Gasteiger partial charge in [0, 0.05) is 12.1 Å². The smallest absolute Gasteiger partial charge is 0.412 e. The van der Waals surface area contributed by atoms with E-state index in [1.165, 1.54) is 0 Å². The van der Waals surface area contributed by atoms with Crippen molar-refractivity contribution in [2.45, 2.75) is 26.4 Å². The minimum atomic E-state index is -0.893. The maximum Gasteiger partial charge on any atom is 0.412 e. The number of hydrogen-bond donors (Lipinski definition) is 2. The van der Waals surface area contributed by atoms with E-state index in [0.717, 1.165) is 12.1 Å². The van der Waals surface area contributed by atoms with Crippen LogP contribution in [0, 0.1) is 20.2 Å². The molecule has 0 aliphatic carbocycles. The van der Waals surface area contributed by atoms with Gasteiger partial charge in [-0.1, -0.05) is 0 Å². The van der Waals surface area contributed by atoms with Crippen molar-refractivity contribution < 1.29 is 19.4 Å². The molecule has 1 rings (SSSR count). The van der Waals surface area contributed by atoms with Gasteiger partial charge in [-0.15, -0.1) is 0 Å². The highest BCUT2D eigenvalue weighted by Gasteiger charge is 2.25. The third kappa shape index (κ3) is 4.30. The maximum atomic E-state index is 11.6. The lowest BCUT2D eigenvalue weighted by Crippen LogP contribution is -2.27. The molecule has 1 amide bonds. The number of nitrogens with two attached hydrogens (primary N) is 1. The Morgan fingerprint density at radius 3 is 1.95 bits per heavy atom. The Kier molecular flexibility index (Phi) is 4.31. The fourth-order valence-corrected chi connectivity index (χ4v) is 1.42. The first kappa shape index (κ1) is 16.1. The molecule has 3 N–H and O–H groups in total. The van der Waals surface area contributed by atoms with Crippen LogP contribution in [0.4, 0.5) is 27.5 Å². The van der Waals surface area contributed by atoms with E-state index in [4.69, 9.17) is 10.5 Å². The van der Waals surface area contributed by atoms with Gasteiger partial charge in [-0.05, 0) is 20.8 Å². The zero-order valence-electron chi connectivity index (χ0n) is 11.6. The first-order valence-corrected chi connectivity index (χ1v) is 5.73. The molecule has 0 saturated carbocycles. The highest BCUT2D eigenvalue weighted by molar-refractivity contribution is 5.88.